The highest BCUT2D eigenvalue weighted by atomic mass is 32.1. The number of rotatable bonds is 7. The molecule has 1 aliphatic heterocycles. The quantitative estimate of drug-likeness (QED) is 0.230. The lowest BCUT2D eigenvalue weighted by Crippen LogP contribution is -2.54. The maximum absolute atomic E-state index is 14.3. The van der Waals surface area contributed by atoms with Crippen LogP contribution in [0.3, 0.4) is 0 Å². The summed E-state index contributed by atoms with van der Waals surface area (Å²) in [6, 6.07) is 8.98. The minimum atomic E-state index is -0.749. The van der Waals surface area contributed by atoms with Gasteiger partial charge >= 0.3 is 0 Å². The molecule has 0 aliphatic carbocycles. The number of nitrogens with one attached hydrogen (secondary N) is 1. The van der Waals surface area contributed by atoms with Gasteiger partial charge in [-0.05, 0) is 54.5 Å². The maximum Gasteiger partial charge on any atom is 0.270 e. The number of allylic oxidation sites excluding steroid dienone is 1. The molecule has 1 aliphatic rings. The van der Waals surface area contributed by atoms with Gasteiger partial charge in [-0.15, -0.1) is 13.0 Å². The van der Waals surface area contributed by atoms with E-state index in [-0.39, 0.29) is 23.0 Å². The third-order valence-electron chi connectivity index (χ3n) is 4.54. The Balaban J connectivity index is 2.08. The summed E-state index contributed by atoms with van der Waals surface area (Å²) in [4.78, 5) is 26.6. The Bertz CT molecular complexity index is 1180. The summed E-state index contributed by atoms with van der Waals surface area (Å²) in [5, 5.41) is 2.23. The number of thiocarbonyl (C=S) groups is 1. The Labute approximate surface area is 190 Å². The number of hydrogen-bond donors (Lipinski definition) is 1. The van der Waals surface area contributed by atoms with Crippen LogP contribution < -0.4 is 19.7 Å². The van der Waals surface area contributed by atoms with Gasteiger partial charge in [-0.3, -0.25) is 14.9 Å². The first-order valence-electron chi connectivity index (χ1n) is 9.45. The number of ether oxygens (including phenoxy) is 2. The average Bonchev–Trinajstić information content (AvgIpc) is 2.77. The number of terminal acetylenes is 1. The number of carbonyl (C=O) groups is 2. The van der Waals surface area contributed by atoms with Gasteiger partial charge in [0.05, 0.1) is 12.8 Å². The summed E-state index contributed by atoms with van der Waals surface area (Å²) < 4.78 is 25.3. The van der Waals surface area contributed by atoms with Crippen molar-refractivity contribution in [2.45, 2.75) is 6.42 Å². The zero-order valence-electron chi connectivity index (χ0n) is 17.2. The Hall–Kier alpha value is -3.96. The molecular weight excluding hydrogens is 431 g/mol. The zero-order valence-corrected chi connectivity index (χ0v) is 18.0. The van der Waals surface area contributed by atoms with Gasteiger partial charge < -0.3 is 9.47 Å². The summed E-state index contributed by atoms with van der Waals surface area (Å²) in [7, 11) is 1.46. The van der Waals surface area contributed by atoms with Gasteiger partial charge in [-0.2, -0.15) is 0 Å². The molecule has 1 fully saturated rings. The van der Waals surface area contributed by atoms with Gasteiger partial charge in [0.2, 0.25) is 0 Å². The number of hydrogen-bond acceptors (Lipinski definition) is 5. The van der Waals surface area contributed by atoms with Crippen LogP contribution in [0.1, 0.15) is 11.1 Å². The van der Waals surface area contributed by atoms with Gasteiger partial charge in [-0.1, -0.05) is 24.1 Å². The zero-order chi connectivity index (χ0) is 23.3. The van der Waals surface area contributed by atoms with Crippen molar-refractivity contribution in [3.05, 3.63) is 71.6 Å². The lowest BCUT2D eigenvalue weighted by Gasteiger charge is -2.29. The summed E-state index contributed by atoms with van der Waals surface area (Å²) in [5.74, 6) is 1.12. The molecule has 0 radical (unpaired) electrons. The van der Waals surface area contributed by atoms with Crippen molar-refractivity contribution in [2.24, 2.45) is 0 Å². The molecule has 2 amide bonds. The molecule has 32 heavy (non-hydrogen) atoms. The predicted molar refractivity (Wildman–Crippen MR) is 124 cm³/mol. The molecule has 2 aromatic rings. The average molecular weight is 450 g/mol. The van der Waals surface area contributed by atoms with Gasteiger partial charge in [0.25, 0.3) is 11.8 Å². The smallest absolute Gasteiger partial charge is 0.270 e. The van der Waals surface area contributed by atoms with Crippen LogP contribution in [0.25, 0.3) is 6.08 Å². The van der Waals surface area contributed by atoms with Crippen LogP contribution in [0.5, 0.6) is 11.5 Å². The minimum absolute atomic E-state index is 0.0386. The minimum Gasteiger partial charge on any atom is -0.493 e. The second-order valence-corrected chi connectivity index (χ2v) is 6.99. The van der Waals surface area contributed by atoms with Crippen LogP contribution in [0.2, 0.25) is 0 Å². The summed E-state index contributed by atoms with van der Waals surface area (Å²) in [6.45, 7) is 3.77. The van der Waals surface area contributed by atoms with E-state index in [9.17, 15) is 14.0 Å². The third kappa shape index (κ3) is 4.53. The Morgan fingerprint density at radius 3 is 2.72 bits per heavy atom. The van der Waals surface area contributed by atoms with E-state index in [2.05, 4.69) is 17.8 Å². The largest absolute Gasteiger partial charge is 0.493 e. The highest BCUT2D eigenvalue weighted by Gasteiger charge is 2.35. The van der Waals surface area contributed by atoms with E-state index in [4.69, 9.17) is 28.1 Å². The molecule has 2 aromatic carbocycles. The molecule has 1 heterocycles. The first kappa shape index (κ1) is 22.7. The third-order valence-corrected chi connectivity index (χ3v) is 4.83. The molecule has 1 N–H and O–H groups in total. The van der Waals surface area contributed by atoms with Gasteiger partial charge in [0, 0.05) is 5.56 Å². The fourth-order valence-electron chi connectivity index (χ4n) is 3.18. The number of benzene rings is 2. The van der Waals surface area contributed by atoms with Crippen molar-refractivity contribution >= 4 is 40.9 Å². The number of nitrogens with zero attached hydrogens (tertiary/aromatic N) is 1. The summed E-state index contributed by atoms with van der Waals surface area (Å²) >= 11 is 5.11. The standard InChI is InChI=1S/C24H19FN2O4S/c1-4-8-16-12-15(14-20(30-3)21(16)31-11-5-2)13-17-22(28)26-24(32)27(23(17)29)19-10-7-6-9-18(19)25/h2,4,6-7,9-10,12-14H,1,8,11H2,3H3,(H,26,28,32)/b17-13+. The van der Waals surface area contributed by atoms with E-state index in [1.165, 1.54) is 31.4 Å². The Morgan fingerprint density at radius 1 is 1.31 bits per heavy atom. The van der Waals surface area contributed by atoms with Crippen LogP contribution in [0.4, 0.5) is 10.1 Å². The second kappa shape index (κ2) is 9.90. The van der Waals surface area contributed by atoms with E-state index < -0.39 is 17.6 Å². The maximum atomic E-state index is 14.3. The lowest BCUT2D eigenvalue weighted by molar-refractivity contribution is -0.122. The van der Waals surface area contributed by atoms with Crippen molar-refractivity contribution in [3.8, 4) is 23.8 Å². The molecule has 0 aromatic heterocycles. The molecule has 6 nitrogen and oxygen atoms in total. The van der Waals surface area contributed by atoms with Crippen molar-refractivity contribution in [1.29, 1.82) is 0 Å². The molecule has 0 spiro atoms. The molecule has 0 unspecified atom stereocenters. The van der Waals surface area contributed by atoms with Crippen LogP contribution in [-0.4, -0.2) is 30.6 Å². The summed E-state index contributed by atoms with van der Waals surface area (Å²) in [5.41, 5.74) is 0.917. The first-order chi connectivity index (χ1) is 15.4. The number of anilines is 1. The second-order valence-electron chi connectivity index (χ2n) is 6.61. The monoisotopic (exact) mass is 450 g/mol. The van der Waals surface area contributed by atoms with Crippen LogP contribution in [0, 0.1) is 18.2 Å². The summed E-state index contributed by atoms with van der Waals surface area (Å²) in [6.07, 6.45) is 8.77. The molecule has 0 saturated carbocycles. The van der Waals surface area contributed by atoms with Crippen molar-refractivity contribution in [3.63, 3.8) is 0 Å². The van der Waals surface area contributed by atoms with Crippen molar-refractivity contribution in [1.82, 2.24) is 5.32 Å². The first-order valence-corrected chi connectivity index (χ1v) is 9.86. The molecule has 8 heteroatoms. The van der Waals surface area contributed by atoms with E-state index >= 15 is 0 Å². The SMILES string of the molecule is C#CCOc1c(CC=C)cc(/C=C2\C(=O)NC(=S)N(c3ccccc3F)C2=O)cc1OC. The van der Waals surface area contributed by atoms with E-state index in [0.29, 0.717) is 29.0 Å². The number of amides is 2. The van der Waals surface area contributed by atoms with E-state index in [1.807, 2.05) is 0 Å². The van der Waals surface area contributed by atoms with Gasteiger partial charge in [0.1, 0.15) is 18.0 Å². The van der Waals surface area contributed by atoms with Gasteiger partial charge in [-0.25, -0.2) is 9.29 Å². The van der Waals surface area contributed by atoms with Crippen LogP contribution >= 0.6 is 12.2 Å². The molecular formula is C24H19FN2O4S. The number of halogens is 1. The number of carbonyl (C=O) groups excluding carboxylic acids is 2. The van der Waals surface area contributed by atoms with Crippen LogP contribution in [-0.2, 0) is 16.0 Å². The Morgan fingerprint density at radius 2 is 2.06 bits per heavy atom. The molecule has 3 rings (SSSR count). The van der Waals surface area contributed by atoms with E-state index in [0.717, 1.165) is 4.90 Å². The number of para-hydroxylation sites is 1. The highest BCUT2D eigenvalue weighted by Crippen LogP contribution is 2.35. The Kier molecular flexibility index (Phi) is 7.03. The van der Waals surface area contributed by atoms with Crippen LogP contribution in [0.15, 0.2) is 54.6 Å². The van der Waals surface area contributed by atoms with Gasteiger partial charge in [0.15, 0.2) is 16.6 Å². The molecule has 0 bridgehead atoms. The van der Waals surface area contributed by atoms with E-state index in [1.54, 1.807) is 24.3 Å². The molecule has 162 valence electrons. The predicted octanol–water partition coefficient (Wildman–Crippen LogP) is 3.41. The fraction of sp³-hybridized carbons (Fsp3) is 0.125. The topological polar surface area (TPSA) is 67.9 Å². The normalized spacial score (nSPS) is 14.7. The highest BCUT2D eigenvalue weighted by molar-refractivity contribution is 7.80. The fourth-order valence-corrected chi connectivity index (χ4v) is 3.45. The van der Waals surface area contributed by atoms with Crippen molar-refractivity contribution in [2.75, 3.05) is 18.6 Å². The number of methoxy groups -OCH3 is 1. The lowest BCUT2D eigenvalue weighted by atomic mass is 10.0. The van der Waals surface area contributed by atoms with Crippen molar-refractivity contribution < 1.29 is 23.5 Å². The molecule has 0 atom stereocenters. The molecule has 1 saturated heterocycles.